The van der Waals surface area contributed by atoms with Crippen molar-refractivity contribution < 1.29 is 19.0 Å². The van der Waals surface area contributed by atoms with E-state index in [9.17, 15) is 4.79 Å². The Morgan fingerprint density at radius 2 is 1.78 bits per heavy atom. The minimum atomic E-state index is -0.541. The molecule has 9 heteroatoms. The molecule has 4 rings (SSSR count). The van der Waals surface area contributed by atoms with Crippen LogP contribution in [0.25, 0.3) is 0 Å². The first-order valence-electron chi connectivity index (χ1n) is 8.60. The van der Waals surface area contributed by atoms with Crippen LogP contribution in [0, 0.1) is 0 Å². The number of ether oxygens (including phenoxy) is 3. The normalized spacial score (nSPS) is 20.8. The van der Waals surface area contributed by atoms with Crippen LogP contribution in [0.5, 0.6) is 17.2 Å². The van der Waals surface area contributed by atoms with Crippen LogP contribution >= 0.6 is 0 Å². The number of nitrogens with one attached hydrogen (secondary N) is 5. The highest BCUT2D eigenvalue weighted by Crippen LogP contribution is 2.32. The number of carbonyl (C=O) groups excluding carboxylic acids is 1. The van der Waals surface area contributed by atoms with E-state index in [0.717, 1.165) is 11.4 Å². The lowest BCUT2D eigenvalue weighted by atomic mass is 10.2. The SMILES string of the molecule is COc1ccc(NC2NNNC2C(=O)Nc2ccc3c(c2)OCCO3)cc1. The second kappa shape index (κ2) is 7.70. The van der Waals surface area contributed by atoms with Gasteiger partial charge in [0.05, 0.1) is 7.11 Å². The monoisotopic (exact) mass is 371 g/mol. The molecule has 0 bridgehead atoms. The van der Waals surface area contributed by atoms with Crippen molar-refractivity contribution in [2.75, 3.05) is 31.0 Å². The second-order valence-electron chi connectivity index (χ2n) is 6.09. The minimum Gasteiger partial charge on any atom is -0.497 e. The average molecular weight is 371 g/mol. The van der Waals surface area contributed by atoms with E-state index in [2.05, 4.69) is 27.0 Å². The van der Waals surface area contributed by atoms with Crippen molar-refractivity contribution in [3.8, 4) is 17.2 Å². The number of fused-ring (bicyclic) bond motifs is 1. The maximum Gasteiger partial charge on any atom is 0.246 e. The van der Waals surface area contributed by atoms with Crippen molar-refractivity contribution in [2.45, 2.75) is 12.2 Å². The Hall–Kier alpha value is -3.01. The van der Waals surface area contributed by atoms with Gasteiger partial charge in [-0.15, -0.1) is 0 Å². The van der Waals surface area contributed by atoms with Gasteiger partial charge in [0.2, 0.25) is 5.91 Å². The quantitative estimate of drug-likeness (QED) is 0.526. The molecule has 2 aromatic carbocycles. The maximum atomic E-state index is 12.7. The van der Waals surface area contributed by atoms with Crippen molar-refractivity contribution in [3.05, 3.63) is 42.5 Å². The Balaban J connectivity index is 1.41. The fourth-order valence-corrected chi connectivity index (χ4v) is 2.91. The summed E-state index contributed by atoms with van der Waals surface area (Å²) in [6.07, 6.45) is -0.351. The number of rotatable bonds is 5. The molecule has 2 heterocycles. The number of amides is 1. The molecule has 2 aromatic rings. The van der Waals surface area contributed by atoms with Gasteiger partial charge in [0, 0.05) is 17.4 Å². The lowest BCUT2D eigenvalue weighted by molar-refractivity contribution is -0.118. The second-order valence-corrected chi connectivity index (χ2v) is 6.09. The molecule has 0 aliphatic carbocycles. The molecule has 0 radical (unpaired) electrons. The van der Waals surface area contributed by atoms with Crippen LogP contribution in [-0.4, -0.2) is 38.4 Å². The standard InChI is InChI=1S/C18H21N5O4/c1-25-13-5-2-11(3-6-13)19-17-16(21-23-22-17)18(24)20-12-4-7-14-15(10-12)27-9-8-26-14/h2-7,10,16-17,19,21-23H,8-9H2,1H3,(H,20,24). The first-order valence-corrected chi connectivity index (χ1v) is 8.60. The van der Waals surface area contributed by atoms with Gasteiger partial charge >= 0.3 is 0 Å². The molecule has 2 unspecified atom stereocenters. The Morgan fingerprint density at radius 3 is 2.56 bits per heavy atom. The third kappa shape index (κ3) is 3.90. The number of carbonyl (C=O) groups is 1. The van der Waals surface area contributed by atoms with Crippen molar-refractivity contribution in [1.29, 1.82) is 0 Å². The van der Waals surface area contributed by atoms with Crippen LogP contribution < -0.4 is 41.2 Å². The molecule has 1 amide bonds. The zero-order valence-electron chi connectivity index (χ0n) is 14.7. The summed E-state index contributed by atoms with van der Waals surface area (Å²) < 4.78 is 16.2. The fourth-order valence-electron chi connectivity index (χ4n) is 2.91. The lowest BCUT2D eigenvalue weighted by Crippen LogP contribution is -2.47. The van der Waals surface area contributed by atoms with Gasteiger partial charge in [-0.3, -0.25) is 4.79 Å². The van der Waals surface area contributed by atoms with E-state index < -0.39 is 6.04 Å². The van der Waals surface area contributed by atoms with E-state index in [4.69, 9.17) is 14.2 Å². The first kappa shape index (κ1) is 17.4. The number of benzene rings is 2. The molecule has 0 saturated carbocycles. The predicted octanol–water partition coefficient (Wildman–Crippen LogP) is 0.824. The van der Waals surface area contributed by atoms with Gasteiger partial charge in [-0.25, -0.2) is 10.9 Å². The third-order valence-corrected chi connectivity index (χ3v) is 4.29. The highest BCUT2D eigenvalue weighted by atomic mass is 16.6. The largest absolute Gasteiger partial charge is 0.497 e. The summed E-state index contributed by atoms with van der Waals surface area (Å²) in [7, 11) is 1.62. The molecule has 9 nitrogen and oxygen atoms in total. The Kier molecular flexibility index (Phi) is 4.97. The van der Waals surface area contributed by atoms with Crippen LogP contribution in [-0.2, 0) is 4.79 Å². The molecule has 27 heavy (non-hydrogen) atoms. The number of anilines is 2. The van der Waals surface area contributed by atoms with Crippen molar-refractivity contribution >= 4 is 17.3 Å². The number of hydrazine groups is 2. The van der Waals surface area contributed by atoms with Gasteiger partial charge in [-0.1, -0.05) is 0 Å². The summed E-state index contributed by atoms with van der Waals surface area (Å²) in [6, 6.07) is 12.3. The first-order chi connectivity index (χ1) is 13.2. The van der Waals surface area contributed by atoms with Gasteiger partial charge < -0.3 is 24.8 Å². The van der Waals surface area contributed by atoms with Gasteiger partial charge in [0.15, 0.2) is 11.5 Å². The fraction of sp³-hybridized carbons (Fsp3) is 0.278. The molecule has 142 valence electrons. The summed E-state index contributed by atoms with van der Waals surface area (Å²) in [4.78, 5) is 12.7. The minimum absolute atomic E-state index is 0.199. The third-order valence-electron chi connectivity index (χ3n) is 4.29. The summed E-state index contributed by atoms with van der Waals surface area (Å²) in [5.74, 6) is 1.88. The molecule has 1 saturated heterocycles. The van der Waals surface area contributed by atoms with Crippen molar-refractivity contribution in [3.63, 3.8) is 0 Å². The lowest BCUT2D eigenvalue weighted by Gasteiger charge is -2.21. The van der Waals surface area contributed by atoms with E-state index in [1.54, 1.807) is 25.3 Å². The molecule has 0 aromatic heterocycles. The number of methoxy groups -OCH3 is 1. The van der Waals surface area contributed by atoms with E-state index in [-0.39, 0.29) is 12.1 Å². The Labute approximate surface area is 156 Å². The maximum absolute atomic E-state index is 12.7. The summed E-state index contributed by atoms with van der Waals surface area (Å²) in [5.41, 5.74) is 10.2. The van der Waals surface area contributed by atoms with E-state index in [1.165, 1.54) is 0 Å². The van der Waals surface area contributed by atoms with Crippen LogP contribution in [0.4, 0.5) is 11.4 Å². The average Bonchev–Trinajstić information content (AvgIpc) is 3.17. The van der Waals surface area contributed by atoms with Gasteiger partial charge in [-0.05, 0) is 36.4 Å². The molecule has 2 atom stereocenters. The van der Waals surface area contributed by atoms with Crippen LogP contribution in [0.2, 0.25) is 0 Å². The van der Waals surface area contributed by atoms with Crippen LogP contribution in [0.15, 0.2) is 42.5 Å². The summed E-state index contributed by atoms with van der Waals surface area (Å²) in [6.45, 7) is 1.02. The van der Waals surface area contributed by atoms with Gasteiger partial charge in [0.1, 0.15) is 31.2 Å². The van der Waals surface area contributed by atoms with Crippen LogP contribution in [0.1, 0.15) is 0 Å². The van der Waals surface area contributed by atoms with Crippen LogP contribution in [0.3, 0.4) is 0 Å². The Morgan fingerprint density at radius 1 is 1.04 bits per heavy atom. The summed E-state index contributed by atoms with van der Waals surface area (Å²) >= 11 is 0. The number of hydrogen-bond donors (Lipinski definition) is 5. The summed E-state index contributed by atoms with van der Waals surface area (Å²) in [5, 5.41) is 6.15. The molecule has 2 aliphatic rings. The highest BCUT2D eigenvalue weighted by Gasteiger charge is 2.33. The smallest absolute Gasteiger partial charge is 0.246 e. The molecular weight excluding hydrogens is 350 g/mol. The van der Waals surface area contributed by atoms with Gasteiger partial charge in [0.25, 0.3) is 0 Å². The molecule has 1 fully saturated rings. The Bertz CT molecular complexity index is 814. The molecule has 2 aliphatic heterocycles. The van der Waals surface area contributed by atoms with E-state index >= 15 is 0 Å². The van der Waals surface area contributed by atoms with E-state index in [0.29, 0.717) is 30.4 Å². The predicted molar refractivity (Wildman–Crippen MR) is 99.7 cm³/mol. The van der Waals surface area contributed by atoms with Gasteiger partial charge in [-0.2, -0.15) is 5.53 Å². The van der Waals surface area contributed by atoms with Crippen molar-refractivity contribution in [2.24, 2.45) is 0 Å². The molecule has 0 spiro atoms. The molecular formula is C18H21N5O4. The van der Waals surface area contributed by atoms with E-state index in [1.807, 2.05) is 24.3 Å². The molecule has 5 N–H and O–H groups in total. The highest BCUT2D eigenvalue weighted by molar-refractivity contribution is 5.96. The zero-order valence-corrected chi connectivity index (χ0v) is 14.7. The topological polar surface area (TPSA) is 105 Å². The number of hydrogen-bond acceptors (Lipinski definition) is 8. The zero-order chi connectivity index (χ0) is 18.6. The van der Waals surface area contributed by atoms with Crippen molar-refractivity contribution in [1.82, 2.24) is 16.4 Å².